The van der Waals surface area contributed by atoms with Crippen LogP contribution in [0.1, 0.15) is 44.0 Å². The van der Waals surface area contributed by atoms with Crippen molar-refractivity contribution >= 4 is 39.3 Å². The Morgan fingerprint density at radius 1 is 1.06 bits per heavy atom. The summed E-state index contributed by atoms with van der Waals surface area (Å²) in [7, 11) is 0. The second kappa shape index (κ2) is 8.35. The molecule has 5 rings (SSSR count). The molecule has 0 radical (unpaired) electrons. The normalized spacial score (nSPS) is 13.6. The predicted octanol–water partition coefficient (Wildman–Crippen LogP) is 4.97. The molecule has 4 aromatic rings. The Balaban J connectivity index is 1.23. The highest BCUT2D eigenvalue weighted by atomic mass is 32.1. The van der Waals surface area contributed by atoms with Gasteiger partial charge in [0.2, 0.25) is 0 Å². The monoisotopic (exact) mass is 431 g/mol. The van der Waals surface area contributed by atoms with Crippen LogP contribution >= 0.6 is 11.3 Å². The Morgan fingerprint density at radius 2 is 1.84 bits per heavy atom. The molecule has 0 unspecified atom stereocenters. The predicted molar refractivity (Wildman–Crippen MR) is 121 cm³/mol. The van der Waals surface area contributed by atoms with E-state index in [2.05, 4.69) is 10.3 Å². The number of nitrogens with one attached hydrogen (secondary N) is 1. The molecule has 7 heteroatoms. The molecule has 0 bridgehead atoms. The van der Waals surface area contributed by atoms with Crippen LogP contribution < -0.4 is 5.32 Å². The van der Waals surface area contributed by atoms with Crippen LogP contribution in [0.3, 0.4) is 0 Å². The lowest BCUT2D eigenvalue weighted by molar-refractivity contribution is 0.0792. The molecule has 2 aromatic heterocycles. The molecule has 31 heavy (non-hydrogen) atoms. The zero-order chi connectivity index (χ0) is 21.2. The van der Waals surface area contributed by atoms with Crippen molar-refractivity contribution in [3.8, 4) is 0 Å². The lowest BCUT2D eigenvalue weighted by Gasteiger charge is -2.15. The molecule has 0 atom stereocenters. The first-order valence-electron chi connectivity index (χ1n) is 10.3. The summed E-state index contributed by atoms with van der Waals surface area (Å²) in [5.41, 5.74) is 3.00. The van der Waals surface area contributed by atoms with Crippen LogP contribution in [0, 0.1) is 0 Å². The first-order valence-corrected chi connectivity index (χ1v) is 11.1. The van der Waals surface area contributed by atoms with E-state index in [9.17, 15) is 9.59 Å². The molecule has 1 aliphatic heterocycles. The van der Waals surface area contributed by atoms with Gasteiger partial charge < -0.3 is 9.32 Å². The quantitative estimate of drug-likeness (QED) is 0.484. The first-order chi connectivity index (χ1) is 15.2. The zero-order valence-electron chi connectivity index (χ0n) is 16.8. The van der Waals surface area contributed by atoms with Crippen LogP contribution in [-0.2, 0) is 6.42 Å². The molecule has 0 spiro atoms. The highest BCUT2D eigenvalue weighted by Gasteiger charge is 2.19. The maximum atomic E-state index is 12.6. The largest absolute Gasteiger partial charge is 0.463 e. The average Bonchev–Trinajstić information content (AvgIpc) is 3.55. The Bertz CT molecular complexity index is 1240. The number of fused-ring (bicyclic) bond motifs is 1. The number of hydrogen-bond acceptors (Lipinski definition) is 5. The molecule has 1 fully saturated rings. The third-order valence-corrected chi connectivity index (χ3v) is 6.38. The topological polar surface area (TPSA) is 75.4 Å². The summed E-state index contributed by atoms with van der Waals surface area (Å²) in [4.78, 5) is 32.4. The average molecular weight is 432 g/mol. The highest BCUT2D eigenvalue weighted by molar-refractivity contribution is 7.15. The first kappa shape index (κ1) is 19.5. The lowest BCUT2D eigenvalue weighted by atomic mass is 10.1. The summed E-state index contributed by atoms with van der Waals surface area (Å²) < 4.78 is 5.45. The minimum Gasteiger partial charge on any atom is -0.463 e. The molecular formula is C24H21N3O3S. The van der Waals surface area contributed by atoms with Crippen molar-refractivity contribution in [1.29, 1.82) is 0 Å². The number of hydrogen-bond donors (Lipinski definition) is 1. The summed E-state index contributed by atoms with van der Waals surface area (Å²) >= 11 is 1.44. The van der Waals surface area contributed by atoms with E-state index in [1.807, 2.05) is 53.4 Å². The van der Waals surface area contributed by atoms with Crippen LogP contribution in [0.15, 0.2) is 65.4 Å². The van der Waals surface area contributed by atoms with E-state index in [0.717, 1.165) is 47.3 Å². The zero-order valence-corrected chi connectivity index (χ0v) is 17.7. The van der Waals surface area contributed by atoms with E-state index < -0.39 is 0 Å². The smallest absolute Gasteiger partial charge is 0.261 e. The van der Waals surface area contributed by atoms with Gasteiger partial charge in [0.1, 0.15) is 11.8 Å². The minimum atomic E-state index is -0.240. The highest BCUT2D eigenvalue weighted by Crippen LogP contribution is 2.25. The number of thiazole rings is 1. The molecule has 1 N–H and O–H groups in total. The van der Waals surface area contributed by atoms with Crippen LogP contribution in [0.5, 0.6) is 0 Å². The Morgan fingerprint density at radius 3 is 2.65 bits per heavy atom. The molecule has 156 valence electrons. The Hall–Kier alpha value is -3.45. The lowest BCUT2D eigenvalue weighted by Crippen LogP contribution is -2.27. The van der Waals surface area contributed by atoms with Crippen LogP contribution in [0.25, 0.3) is 11.0 Å². The SMILES string of the molecule is O=C(Nc1ncc(Cc2ccc(C(=O)N3CCCC3)cc2)s1)c1coc2ccccc12. The van der Waals surface area contributed by atoms with Gasteiger partial charge >= 0.3 is 0 Å². The van der Waals surface area contributed by atoms with Gasteiger partial charge in [-0.2, -0.15) is 0 Å². The standard InChI is InChI=1S/C24H21N3O3S/c28-22(20-15-30-21-6-2-1-5-19(20)21)26-24-25-14-18(31-24)13-16-7-9-17(10-8-16)23(29)27-11-3-4-12-27/h1-2,5-10,14-15H,3-4,11-13H2,(H,25,26,28). The maximum Gasteiger partial charge on any atom is 0.261 e. The summed E-state index contributed by atoms with van der Waals surface area (Å²) in [6.45, 7) is 1.70. The van der Waals surface area contributed by atoms with Gasteiger partial charge in [-0.1, -0.05) is 30.3 Å². The number of para-hydroxylation sites is 1. The van der Waals surface area contributed by atoms with Gasteiger partial charge in [-0.3, -0.25) is 14.9 Å². The van der Waals surface area contributed by atoms with E-state index >= 15 is 0 Å². The van der Waals surface area contributed by atoms with Gasteiger partial charge in [-0.25, -0.2) is 4.98 Å². The number of benzene rings is 2. The van der Waals surface area contributed by atoms with Crippen molar-refractivity contribution < 1.29 is 14.0 Å². The minimum absolute atomic E-state index is 0.110. The van der Waals surface area contributed by atoms with E-state index in [0.29, 0.717) is 22.7 Å². The molecule has 2 aromatic carbocycles. The van der Waals surface area contributed by atoms with Crippen molar-refractivity contribution in [2.45, 2.75) is 19.3 Å². The number of carbonyl (C=O) groups is 2. The molecule has 1 aliphatic rings. The van der Waals surface area contributed by atoms with E-state index in [1.54, 1.807) is 6.20 Å². The third-order valence-electron chi connectivity index (χ3n) is 5.47. The summed E-state index contributed by atoms with van der Waals surface area (Å²) in [6.07, 6.45) is 6.12. The molecule has 1 saturated heterocycles. The van der Waals surface area contributed by atoms with Crippen molar-refractivity contribution in [3.05, 3.63) is 82.6 Å². The van der Waals surface area contributed by atoms with Crippen LogP contribution in [-0.4, -0.2) is 34.8 Å². The second-order valence-corrected chi connectivity index (χ2v) is 8.72. The Labute approximate surface area is 183 Å². The van der Waals surface area contributed by atoms with Gasteiger partial charge in [-0.15, -0.1) is 11.3 Å². The van der Waals surface area contributed by atoms with Gasteiger partial charge in [-0.05, 0) is 36.6 Å². The number of furan rings is 1. The molecule has 6 nitrogen and oxygen atoms in total. The summed E-state index contributed by atoms with van der Waals surface area (Å²) in [6, 6.07) is 15.2. The van der Waals surface area contributed by atoms with Crippen LogP contribution in [0.2, 0.25) is 0 Å². The van der Waals surface area contributed by atoms with Gasteiger partial charge in [0.25, 0.3) is 11.8 Å². The number of aromatic nitrogens is 1. The molecule has 2 amide bonds. The number of likely N-dealkylation sites (tertiary alicyclic amines) is 1. The van der Waals surface area contributed by atoms with Gasteiger partial charge in [0.05, 0.1) is 5.56 Å². The number of nitrogens with zero attached hydrogens (tertiary/aromatic N) is 2. The number of amides is 2. The third kappa shape index (κ3) is 4.09. The van der Waals surface area contributed by atoms with Crippen molar-refractivity contribution in [1.82, 2.24) is 9.88 Å². The van der Waals surface area contributed by atoms with E-state index in [4.69, 9.17) is 4.42 Å². The molecule has 0 aliphatic carbocycles. The van der Waals surface area contributed by atoms with E-state index in [1.165, 1.54) is 17.6 Å². The Kier molecular flexibility index (Phi) is 5.26. The number of rotatable bonds is 5. The number of anilines is 1. The second-order valence-electron chi connectivity index (χ2n) is 7.60. The molecule has 3 heterocycles. The van der Waals surface area contributed by atoms with Crippen molar-refractivity contribution in [2.75, 3.05) is 18.4 Å². The summed E-state index contributed by atoms with van der Waals surface area (Å²) in [5.74, 6) is -0.130. The fourth-order valence-electron chi connectivity index (χ4n) is 3.83. The molecular weight excluding hydrogens is 410 g/mol. The fraction of sp³-hybridized carbons (Fsp3) is 0.208. The summed E-state index contributed by atoms with van der Waals surface area (Å²) in [5, 5.41) is 4.18. The van der Waals surface area contributed by atoms with Crippen molar-refractivity contribution in [2.24, 2.45) is 0 Å². The fourth-order valence-corrected chi connectivity index (χ4v) is 4.68. The maximum absolute atomic E-state index is 12.6. The van der Waals surface area contributed by atoms with Gasteiger partial charge in [0, 0.05) is 41.5 Å². The van der Waals surface area contributed by atoms with Gasteiger partial charge in [0.15, 0.2) is 5.13 Å². The molecule has 0 saturated carbocycles. The van der Waals surface area contributed by atoms with Crippen molar-refractivity contribution in [3.63, 3.8) is 0 Å². The van der Waals surface area contributed by atoms with Crippen LogP contribution in [0.4, 0.5) is 5.13 Å². The van der Waals surface area contributed by atoms with E-state index in [-0.39, 0.29) is 11.8 Å². The number of carbonyl (C=O) groups excluding carboxylic acids is 2.